The molecule has 0 aromatic heterocycles. The Morgan fingerprint density at radius 2 is 2.00 bits per heavy atom. The highest BCUT2D eigenvalue weighted by Crippen LogP contribution is 2.28. The summed E-state index contributed by atoms with van der Waals surface area (Å²) < 4.78 is 11.0. The molecular weight excluding hydrogens is 244 g/mol. The van der Waals surface area contributed by atoms with E-state index in [-0.39, 0.29) is 0 Å². The largest absolute Gasteiger partial charge is 0.491 e. The molecule has 0 atom stereocenters. The van der Waals surface area contributed by atoms with E-state index < -0.39 is 5.97 Å². The van der Waals surface area contributed by atoms with Gasteiger partial charge in [0, 0.05) is 12.7 Å². The smallest absolute Gasteiger partial charge is 0.328 e. The van der Waals surface area contributed by atoms with Gasteiger partial charge in [-0.25, -0.2) is 4.79 Å². The summed E-state index contributed by atoms with van der Waals surface area (Å²) in [5, 5.41) is 8.51. The SMILES string of the molecule is O=C(O)/C=C/c1ccc(OCCOCC2CC2)cc1. The van der Waals surface area contributed by atoms with Gasteiger partial charge in [-0.2, -0.15) is 0 Å². The summed E-state index contributed by atoms with van der Waals surface area (Å²) in [6.07, 6.45) is 5.25. The van der Waals surface area contributed by atoms with Gasteiger partial charge in [0.25, 0.3) is 0 Å². The highest BCUT2D eigenvalue weighted by molar-refractivity contribution is 5.85. The zero-order valence-corrected chi connectivity index (χ0v) is 10.7. The van der Waals surface area contributed by atoms with E-state index in [4.69, 9.17) is 14.6 Å². The minimum Gasteiger partial charge on any atom is -0.491 e. The standard InChI is InChI=1S/C15H18O4/c16-15(17)8-5-12-3-6-14(7-4-12)19-10-9-18-11-13-1-2-13/h3-8,13H,1-2,9-11H2,(H,16,17)/b8-5+. The van der Waals surface area contributed by atoms with E-state index in [1.165, 1.54) is 12.8 Å². The summed E-state index contributed by atoms with van der Waals surface area (Å²) in [5.41, 5.74) is 0.833. The predicted molar refractivity (Wildman–Crippen MR) is 72.1 cm³/mol. The fraction of sp³-hybridized carbons (Fsp3) is 0.400. The average Bonchev–Trinajstić information content (AvgIpc) is 3.21. The maximum absolute atomic E-state index is 10.4. The molecule has 1 aliphatic rings. The van der Waals surface area contributed by atoms with Gasteiger partial charge in [-0.1, -0.05) is 12.1 Å². The Hall–Kier alpha value is -1.81. The van der Waals surface area contributed by atoms with Gasteiger partial charge < -0.3 is 14.6 Å². The van der Waals surface area contributed by atoms with Crippen molar-refractivity contribution in [1.29, 1.82) is 0 Å². The van der Waals surface area contributed by atoms with Crippen molar-refractivity contribution in [1.82, 2.24) is 0 Å². The van der Waals surface area contributed by atoms with Crippen LogP contribution in [0.25, 0.3) is 6.08 Å². The van der Waals surface area contributed by atoms with Crippen LogP contribution in [0.3, 0.4) is 0 Å². The number of benzene rings is 1. The third-order valence-electron chi connectivity index (χ3n) is 2.85. The Kier molecular flexibility index (Phi) is 4.98. The van der Waals surface area contributed by atoms with Crippen molar-refractivity contribution in [2.45, 2.75) is 12.8 Å². The summed E-state index contributed by atoms with van der Waals surface area (Å²) in [5.74, 6) is 0.593. The second-order valence-electron chi connectivity index (χ2n) is 4.61. The minimum atomic E-state index is -0.951. The third kappa shape index (κ3) is 5.57. The van der Waals surface area contributed by atoms with Crippen molar-refractivity contribution >= 4 is 12.0 Å². The normalized spacial score (nSPS) is 14.7. The molecular formula is C15H18O4. The molecule has 1 aromatic carbocycles. The summed E-state index contributed by atoms with van der Waals surface area (Å²) in [6, 6.07) is 7.28. The molecule has 0 unspecified atom stereocenters. The van der Waals surface area contributed by atoms with Crippen molar-refractivity contribution in [3.8, 4) is 5.75 Å². The van der Waals surface area contributed by atoms with Gasteiger partial charge in [0.1, 0.15) is 12.4 Å². The molecule has 1 saturated carbocycles. The summed E-state index contributed by atoms with van der Waals surface area (Å²) >= 11 is 0. The molecule has 0 heterocycles. The number of aliphatic carboxylic acids is 1. The van der Waals surface area contributed by atoms with E-state index in [1.807, 2.05) is 24.3 Å². The lowest BCUT2D eigenvalue weighted by molar-refractivity contribution is -0.131. The first kappa shape index (κ1) is 13.6. The molecule has 1 fully saturated rings. The van der Waals surface area contributed by atoms with Crippen molar-refractivity contribution in [2.24, 2.45) is 5.92 Å². The maximum atomic E-state index is 10.4. The number of hydrogen-bond donors (Lipinski definition) is 1. The first-order valence-corrected chi connectivity index (χ1v) is 6.45. The zero-order valence-electron chi connectivity index (χ0n) is 10.7. The molecule has 1 aromatic rings. The second-order valence-corrected chi connectivity index (χ2v) is 4.61. The van der Waals surface area contributed by atoms with Crippen molar-refractivity contribution in [2.75, 3.05) is 19.8 Å². The highest BCUT2D eigenvalue weighted by atomic mass is 16.5. The number of ether oxygens (including phenoxy) is 2. The van der Waals surface area contributed by atoms with Gasteiger partial charge in [-0.05, 0) is 42.5 Å². The summed E-state index contributed by atoms with van der Waals surface area (Å²) in [4.78, 5) is 10.4. The van der Waals surface area contributed by atoms with E-state index in [2.05, 4.69) is 0 Å². The molecule has 4 nitrogen and oxygen atoms in total. The van der Waals surface area contributed by atoms with Crippen molar-refractivity contribution in [3.63, 3.8) is 0 Å². The molecule has 0 radical (unpaired) electrons. The Labute approximate surface area is 112 Å². The van der Waals surface area contributed by atoms with Crippen LogP contribution in [0.4, 0.5) is 0 Å². The maximum Gasteiger partial charge on any atom is 0.328 e. The minimum absolute atomic E-state index is 0.539. The number of rotatable bonds is 8. The van der Waals surface area contributed by atoms with Gasteiger partial charge >= 0.3 is 5.97 Å². The van der Waals surface area contributed by atoms with Crippen LogP contribution in [-0.2, 0) is 9.53 Å². The molecule has 102 valence electrons. The van der Waals surface area contributed by atoms with Gasteiger partial charge in [0.15, 0.2) is 0 Å². The fourth-order valence-corrected chi connectivity index (χ4v) is 1.60. The van der Waals surface area contributed by atoms with Crippen LogP contribution < -0.4 is 4.74 Å². The van der Waals surface area contributed by atoms with E-state index in [9.17, 15) is 4.79 Å². The summed E-state index contributed by atoms with van der Waals surface area (Å²) in [6.45, 7) is 2.00. The Balaban J connectivity index is 1.67. The van der Waals surface area contributed by atoms with Crippen molar-refractivity contribution in [3.05, 3.63) is 35.9 Å². The van der Waals surface area contributed by atoms with Crippen molar-refractivity contribution < 1.29 is 19.4 Å². The molecule has 2 rings (SSSR count). The topological polar surface area (TPSA) is 55.8 Å². The van der Waals surface area contributed by atoms with E-state index in [0.29, 0.717) is 13.2 Å². The lowest BCUT2D eigenvalue weighted by Gasteiger charge is -2.07. The van der Waals surface area contributed by atoms with Gasteiger partial charge in [-0.3, -0.25) is 0 Å². The lowest BCUT2D eigenvalue weighted by atomic mass is 10.2. The van der Waals surface area contributed by atoms with Crippen LogP contribution in [0.2, 0.25) is 0 Å². The van der Waals surface area contributed by atoms with Crippen LogP contribution >= 0.6 is 0 Å². The molecule has 0 aliphatic heterocycles. The lowest BCUT2D eigenvalue weighted by Crippen LogP contribution is -2.08. The van der Waals surface area contributed by atoms with E-state index in [1.54, 1.807) is 6.08 Å². The monoisotopic (exact) mass is 262 g/mol. The zero-order chi connectivity index (χ0) is 13.5. The van der Waals surface area contributed by atoms with Crippen LogP contribution in [0.1, 0.15) is 18.4 Å². The predicted octanol–water partition coefficient (Wildman–Crippen LogP) is 2.59. The second kappa shape index (κ2) is 6.95. The Morgan fingerprint density at radius 3 is 2.63 bits per heavy atom. The third-order valence-corrected chi connectivity index (χ3v) is 2.85. The van der Waals surface area contributed by atoms with Gasteiger partial charge in [-0.15, -0.1) is 0 Å². The molecule has 0 spiro atoms. The van der Waals surface area contributed by atoms with Gasteiger partial charge in [0.2, 0.25) is 0 Å². The average molecular weight is 262 g/mol. The molecule has 4 heteroatoms. The Bertz CT molecular complexity index is 432. The molecule has 19 heavy (non-hydrogen) atoms. The first-order chi connectivity index (χ1) is 9.24. The quantitative estimate of drug-likeness (QED) is 0.578. The van der Waals surface area contributed by atoms with Crippen LogP contribution in [0.15, 0.2) is 30.3 Å². The van der Waals surface area contributed by atoms with Gasteiger partial charge in [0.05, 0.1) is 6.61 Å². The molecule has 0 amide bonds. The number of carboxylic acid groups (broad SMARTS) is 1. The van der Waals surface area contributed by atoms with Crippen LogP contribution in [-0.4, -0.2) is 30.9 Å². The van der Waals surface area contributed by atoms with Crippen LogP contribution in [0.5, 0.6) is 5.75 Å². The molecule has 1 aliphatic carbocycles. The highest BCUT2D eigenvalue weighted by Gasteiger charge is 2.20. The number of carboxylic acids is 1. The Morgan fingerprint density at radius 1 is 1.26 bits per heavy atom. The molecule has 0 bridgehead atoms. The van der Waals surface area contributed by atoms with E-state index in [0.717, 1.165) is 29.9 Å². The number of carbonyl (C=O) groups is 1. The number of hydrogen-bond acceptors (Lipinski definition) is 3. The summed E-state index contributed by atoms with van der Waals surface area (Å²) in [7, 11) is 0. The first-order valence-electron chi connectivity index (χ1n) is 6.45. The molecule has 0 saturated heterocycles. The fourth-order valence-electron chi connectivity index (χ4n) is 1.60. The van der Waals surface area contributed by atoms with Crippen LogP contribution in [0, 0.1) is 5.92 Å². The van der Waals surface area contributed by atoms with E-state index >= 15 is 0 Å². The molecule has 1 N–H and O–H groups in total.